The predicted molar refractivity (Wildman–Crippen MR) is 48.8 cm³/mol. The number of nitrogens with zero attached hydrogens (tertiary/aromatic N) is 2. The Hall–Kier alpha value is -0.770. The highest BCUT2D eigenvalue weighted by molar-refractivity contribution is 5.65. The lowest BCUT2D eigenvalue weighted by atomic mass is 9.91. The number of piperazine rings is 1. The average molecular weight is 184 g/mol. The van der Waals surface area contributed by atoms with Gasteiger partial charge in [0.05, 0.1) is 0 Å². The largest absolute Gasteiger partial charge is 0.465 e. The molecule has 2 fully saturated rings. The molecule has 0 aromatic heterocycles. The molecule has 0 unspecified atom stereocenters. The highest BCUT2D eigenvalue weighted by Crippen LogP contribution is 2.25. The molecular formula is C9H16N2O2. The monoisotopic (exact) mass is 184 g/mol. The zero-order valence-corrected chi connectivity index (χ0v) is 7.78. The second-order valence-corrected chi connectivity index (χ2v) is 3.89. The Labute approximate surface area is 78.1 Å². The summed E-state index contributed by atoms with van der Waals surface area (Å²) in [5.41, 5.74) is 0. The standard InChI is InChI=1S/C9H16N2O2/c12-9(13)11-6-4-10(5-7-11)8-2-1-3-8/h8H,1-7H2,(H,12,13). The van der Waals surface area contributed by atoms with Gasteiger partial charge in [0.1, 0.15) is 0 Å². The number of carboxylic acid groups (broad SMARTS) is 1. The van der Waals surface area contributed by atoms with E-state index in [2.05, 4.69) is 4.90 Å². The second-order valence-electron chi connectivity index (χ2n) is 3.89. The normalized spacial score (nSPS) is 25.7. The number of carbonyl (C=O) groups is 1. The Morgan fingerprint density at radius 1 is 1.15 bits per heavy atom. The van der Waals surface area contributed by atoms with E-state index in [-0.39, 0.29) is 0 Å². The molecule has 13 heavy (non-hydrogen) atoms. The van der Waals surface area contributed by atoms with Crippen LogP contribution in [0.5, 0.6) is 0 Å². The predicted octanol–water partition coefficient (Wildman–Crippen LogP) is 0.835. The van der Waals surface area contributed by atoms with E-state index in [1.165, 1.54) is 24.2 Å². The fourth-order valence-electron chi connectivity index (χ4n) is 2.03. The van der Waals surface area contributed by atoms with Gasteiger partial charge in [-0.05, 0) is 12.8 Å². The van der Waals surface area contributed by atoms with E-state index in [0.29, 0.717) is 13.1 Å². The van der Waals surface area contributed by atoms with Crippen LogP contribution in [0, 0.1) is 0 Å². The van der Waals surface area contributed by atoms with Gasteiger partial charge < -0.3 is 10.0 Å². The van der Waals surface area contributed by atoms with E-state index in [4.69, 9.17) is 5.11 Å². The highest BCUT2D eigenvalue weighted by Gasteiger charge is 2.28. The van der Waals surface area contributed by atoms with Crippen molar-refractivity contribution in [3.05, 3.63) is 0 Å². The summed E-state index contributed by atoms with van der Waals surface area (Å²) in [5.74, 6) is 0. The van der Waals surface area contributed by atoms with E-state index >= 15 is 0 Å². The topological polar surface area (TPSA) is 43.8 Å². The lowest BCUT2D eigenvalue weighted by Crippen LogP contribution is -2.53. The number of amides is 1. The highest BCUT2D eigenvalue weighted by atomic mass is 16.4. The maximum Gasteiger partial charge on any atom is 0.407 e. The van der Waals surface area contributed by atoms with Crippen LogP contribution in [0.2, 0.25) is 0 Å². The average Bonchev–Trinajstić information content (AvgIpc) is 2.02. The molecular weight excluding hydrogens is 168 g/mol. The second kappa shape index (κ2) is 3.54. The smallest absolute Gasteiger partial charge is 0.407 e. The molecule has 0 radical (unpaired) electrons. The van der Waals surface area contributed by atoms with Crippen LogP contribution < -0.4 is 0 Å². The van der Waals surface area contributed by atoms with Crippen LogP contribution in [0.25, 0.3) is 0 Å². The number of hydrogen-bond donors (Lipinski definition) is 1. The Bertz CT molecular complexity index is 196. The van der Waals surface area contributed by atoms with E-state index in [9.17, 15) is 4.79 Å². The van der Waals surface area contributed by atoms with Crippen molar-refractivity contribution in [2.75, 3.05) is 26.2 Å². The molecule has 0 spiro atoms. The first-order valence-electron chi connectivity index (χ1n) is 4.99. The molecule has 0 atom stereocenters. The molecule has 4 heteroatoms. The third kappa shape index (κ3) is 1.77. The molecule has 1 N–H and O–H groups in total. The first-order chi connectivity index (χ1) is 6.27. The maximum atomic E-state index is 10.6. The minimum atomic E-state index is -0.770. The fraction of sp³-hybridized carbons (Fsp3) is 0.889. The molecule has 4 nitrogen and oxygen atoms in total. The van der Waals surface area contributed by atoms with Gasteiger partial charge in [-0.15, -0.1) is 0 Å². The maximum absolute atomic E-state index is 10.6. The van der Waals surface area contributed by atoms with Crippen LogP contribution in [0.1, 0.15) is 19.3 Å². The molecule has 1 amide bonds. The van der Waals surface area contributed by atoms with E-state index in [1.54, 1.807) is 0 Å². The van der Waals surface area contributed by atoms with Gasteiger partial charge in [0, 0.05) is 32.2 Å². The summed E-state index contributed by atoms with van der Waals surface area (Å²) in [4.78, 5) is 14.6. The van der Waals surface area contributed by atoms with Crippen molar-refractivity contribution in [1.82, 2.24) is 9.80 Å². The molecule has 1 heterocycles. The zero-order valence-electron chi connectivity index (χ0n) is 7.78. The number of hydrogen-bond acceptors (Lipinski definition) is 2. The van der Waals surface area contributed by atoms with Gasteiger partial charge in [-0.2, -0.15) is 0 Å². The molecule has 0 aromatic carbocycles. The van der Waals surface area contributed by atoms with Crippen LogP contribution >= 0.6 is 0 Å². The summed E-state index contributed by atoms with van der Waals surface area (Å²) in [6.45, 7) is 3.23. The van der Waals surface area contributed by atoms with Crippen molar-refractivity contribution in [1.29, 1.82) is 0 Å². The Kier molecular flexibility index (Phi) is 2.40. The van der Waals surface area contributed by atoms with Crippen molar-refractivity contribution < 1.29 is 9.90 Å². The van der Waals surface area contributed by atoms with Gasteiger partial charge in [-0.25, -0.2) is 4.79 Å². The van der Waals surface area contributed by atoms with Gasteiger partial charge >= 0.3 is 6.09 Å². The van der Waals surface area contributed by atoms with Crippen molar-refractivity contribution >= 4 is 6.09 Å². The fourth-order valence-corrected chi connectivity index (χ4v) is 2.03. The number of rotatable bonds is 1. The lowest BCUT2D eigenvalue weighted by Gasteiger charge is -2.42. The van der Waals surface area contributed by atoms with Gasteiger partial charge in [0.15, 0.2) is 0 Å². The minimum Gasteiger partial charge on any atom is -0.465 e. The Morgan fingerprint density at radius 3 is 2.15 bits per heavy atom. The summed E-state index contributed by atoms with van der Waals surface area (Å²) >= 11 is 0. The van der Waals surface area contributed by atoms with Crippen molar-refractivity contribution in [3.63, 3.8) is 0 Å². The lowest BCUT2D eigenvalue weighted by molar-refractivity contribution is 0.0597. The van der Waals surface area contributed by atoms with Crippen molar-refractivity contribution in [2.45, 2.75) is 25.3 Å². The van der Waals surface area contributed by atoms with Crippen LogP contribution in [0.3, 0.4) is 0 Å². The van der Waals surface area contributed by atoms with Crippen LogP contribution in [0.4, 0.5) is 4.79 Å². The summed E-state index contributed by atoms with van der Waals surface area (Å²) in [5, 5.41) is 8.74. The molecule has 74 valence electrons. The first-order valence-corrected chi connectivity index (χ1v) is 4.99. The molecule has 1 saturated heterocycles. The van der Waals surface area contributed by atoms with E-state index in [1.807, 2.05) is 0 Å². The van der Waals surface area contributed by atoms with Gasteiger partial charge in [0.25, 0.3) is 0 Å². The molecule has 1 aliphatic carbocycles. The third-order valence-corrected chi connectivity index (χ3v) is 3.18. The Balaban J connectivity index is 1.78. The van der Waals surface area contributed by atoms with Crippen LogP contribution in [-0.4, -0.2) is 53.2 Å². The Morgan fingerprint density at radius 2 is 1.77 bits per heavy atom. The van der Waals surface area contributed by atoms with Crippen molar-refractivity contribution in [3.8, 4) is 0 Å². The zero-order chi connectivity index (χ0) is 9.26. The minimum absolute atomic E-state index is 0.686. The molecule has 0 bridgehead atoms. The van der Waals surface area contributed by atoms with Gasteiger partial charge in [0.2, 0.25) is 0 Å². The van der Waals surface area contributed by atoms with Gasteiger partial charge in [-0.3, -0.25) is 4.90 Å². The SMILES string of the molecule is O=C(O)N1CCN(C2CCC2)CC1. The van der Waals surface area contributed by atoms with Crippen LogP contribution in [-0.2, 0) is 0 Å². The first kappa shape index (κ1) is 8.81. The summed E-state index contributed by atoms with van der Waals surface area (Å²) in [6.07, 6.45) is 3.21. The molecule has 0 aromatic rings. The molecule has 1 saturated carbocycles. The van der Waals surface area contributed by atoms with Gasteiger partial charge in [-0.1, -0.05) is 6.42 Å². The third-order valence-electron chi connectivity index (χ3n) is 3.18. The molecule has 1 aliphatic heterocycles. The summed E-state index contributed by atoms with van der Waals surface area (Å²) in [7, 11) is 0. The summed E-state index contributed by atoms with van der Waals surface area (Å²) in [6, 6.07) is 0.760. The molecule has 2 aliphatic rings. The van der Waals surface area contributed by atoms with Crippen molar-refractivity contribution in [2.24, 2.45) is 0 Å². The van der Waals surface area contributed by atoms with Crippen LogP contribution in [0.15, 0.2) is 0 Å². The molecule has 2 rings (SSSR count). The van der Waals surface area contributed by atoms with E-state index in [0.717, 1.165) is 19.1 Å². The summed E-state index contributed by atoms with van der Waals surface area (Å²) < 4.78 is 0. The van der Waals surface area contributed by atoms with E-state index < -0.39 is 6.09 Å². The quantitative estimate of drug-likeness (QED) is 0.656.